The van der Waals surface area contributed by atoms with Crippen molar-refractivity contribution in [2.75, 3.05) is 28.4 Å². The van der Waals surface area contributed by atoms with Gasteiger partial charge in [-0.15, -0.1) is 0 Å². The number of nitrogens with zero attached hydrogens (tertiary/aromatic N) is 1. The maximum absolute atomic E-state index is 11.2. The minimum absolute atomic E-state index is 0.0153. The average molecular weight is 395 g/mol. The van der Waals surface area contributed by atoms with Crippen LogP contribution in [0.1, 0.15) is 5.69 Å². The Morgan fingerprint density at radius 3 is 1.52 bits per heavy atom. The van der Waals surface area contributed by atoms with E-state index in [4.69, 9.17) is 18.9 Å². The predicted molar refractivity (Wildman–Crippen MR) is 111 cm³/mol. The molecule has 2 N–H and O–H groups in total. The Labute approximate surface area is 167 Å². The summed E-state index contributed by atoms with van der Waals surface area (Å²) in [7, 11) is 6.13. The summed E-state index contributed by atoms with van der Waals surface area (Å²) >= 11 is 0. The quantitative estimate of drug-likeness (QED) is 0.302. The van der Waals surface area contributed by atoms with Gasteiger partial charge in [-0.25, -0.2) is 4.98 Å². The molecule has 4 rings (SSSR count). The zero-order valence-electron chi connectivity index (χ0n) is 16.8. The van der Waals surface area contributed by atoms with E-state index in [1.807, 2.05) is 13.0 Å². The van der Waals surface area contributed by atoms with E-state index in [2.05, 4.69) is 4.98 Å². The molecule has 0 saturated carbocycles. The van der Waals surface area contributed by atoms with Gasteiger partial charge in [0.05, 0.1) is 33.8 Å². The highest BCUT2D eigenvalue weighted by Gasteiger charge is 2.21. The van der Waals surface area contributed by atoms with Crippen molar-refractivity contribution in [1.82, 2.24) is 4.98 Å². The van der Waals surface area contributed by atoms with E-state index in [1.165, 1.54) is 14.2 Å². The molecule has 1 aromatic heterocycles. The Balaban J connectivity index is 2.25. The van der Waals surface area contributed by atoms with Crippen LogP contribution in [0.2, 0.25) is 0 Å². The lowest BCUT2D eigenvalue weighted by atomic mass is 9.97. The number of aryl methyl sites for hydroxylation is 1. The van der Waals surface area contributed by atoms with Crippen LogP contribution in [0, 0.1) is 6.92 Å². The van der Waals surface area contributed by atoms with Gasteiger partial charge in [0.25, 0.3) is 0 Å². The number of phenols is 2. The van der Waals surface area contributed by atoms with Crippen molar-refractivity contribution in [3.8, 4) is 34.5 Å². The van der Waals surface area contributed by atoms with Crippen molar-refractivity contribution >= 4 is 32.4 Å². The summed E-state index contributed by atoms with van der Waals surface area (Å²) in [6.45, 7) is 1.84. The summed E-state index contributed by atoms with van der Waals surface area (Å²) in [6, 6.07) is 6.84. The maximum atomic E-state index is 11.2. The van der Waals surface area contributed by atoms with E-state index in [9.17, 15) is 10.2 Å². The number of aromatic nitrogens is 1. The first-order valence-electron chi connectivity index (χ1n) is 8.90. The highest BCUT2D eigenvalue weighted by atomic mass is 16.5. The molecule has 4 aromatic rings. The van der Waals surface area contributed by atoms with Crippen LogP contribution in [-0.2, 0) is 0 Å². The highest BCUT2D eigenvalue weighted by Crippen LogP contribution is 2.48. The van der Waals surface area contributed by atoms with Gasteiger partial charge in [0.15, 0.2) is 23.0 Å². The van der Waals surface area contributed by atoms with Crippen LogP contribution in [0.3, 0.4) is 0 Å². The maximum Gasteiger partial charge on any atom is 0.161 e. The van der Waals surface area contributed by atoms with Crippen LogP contribution in [0.15, 0.2) is 24.3 Å². The third-order valence-electron chi connectivity index (χ3n) is 5.19. The monoisotopic (exact) mass is 395 g/mol. The lowest BCUT2D eigenvalue weighted by Crippen LogP contribution is -1.96. The normalized spacial score (nSPS) is 11.2. The van der Waals surface area contributed by atoms with Gasteiger partial charge in [-0.1, -0.05) is 0 Å². The van der Waals surface area contributed by atoms with Gasteiger partial charge in [0.2, 0.25) is 0 Å². The lowest BCUT2D eigenvalue weighted by Gasteiger charge is -2.16. The lowest BCUT2D eigenvalue weighted by molar-refractivity contribution is 0.355. The van der Waals surface area contributed by atoms with Crippen molar-refractivity contribution in [3.63, 3.8) is 0 Å². The molecule has 0 amide bonds. The molecular formula is C22H21NO6. The molecule has 0 aliphatic carbocycles. The number of hydrogen-bond acceptors (Lipinski definition) is 7. The van der Waals surface area contributed by atoms with Crippen LogP contribution >= 0.6 is 0 Å². The fourth-order valence-corrected chi connectivity index (χ4v) is 3.74. The van der Waals surface area contributed by atoms with Gasteiger partial charge >= 0.3 is 0 Å². The van der Waals surface area contributed by atoms with E-state index in [1.54, 1.807) is 32.4 Å². The summed E-state index contributed by atoms with van der Waals surface area (Å²) in [5, 5.41) is 24.9. The average Bonchev–Trinajstić information content (AvgIpc) is 2.75. The molecule has 29 heavy (non-hydrogen) atoms. The Hall–Kier alpha value is -3.61. The molecule has 0 unspecified atom stereocenters. The van der Waals surface area contributed by atoms with Gasteiger partial charge in [-0.05, 0) is 31.2 Å². The van der Waals surface area contributed by atoms with Crippen molar-refractivity contribution in [2.45, 2.75) is 6.92 Å². The zero-order chi connectivity index (χ0) is 20.9. The minimum Gasteiger partial charge on any atom is -0.507 e. The first kappa shape index (κ1) is 18.7. The fourth-order valence-electron chi connectivity index (χ4n) is 3.74. The van der Waals surface area contributed by atoms with Gasteiger partial charge < -0.3 is 29.2 Å². The zero-order valence-corrected chi connectivity index (χ0v) is 16.8. The number of aromatic hydroxyl groups is 2. The molecular weight excluding hydrogens is 374 g/mol. The topological polar surface area (TPSA) is 90.3 Å². The van der Waals surface area contributed by atoms with E-state index >= 15 is 0 Å². The van der Waals surface area contributed by atoms with Crippen LogP contribution in [-0.4, -0.2) is 43.6 Å². The van der Waals surface area contributed by atoms with Crippen molar-refractivity contribution in [2.24, 2.45) is 0 Å². The number of methoxy groups -OCH3 is 4. The molecule has 0 radical (unpaired) electrons. The second-order valence-corrected chi connectivity index (χ2v) is 6.62. The second-order valence-electron chi connectivity index (χ2n) is 6.62. The summed E-state index contributed by atoms with van der Waals surface area (Å²) in [5.41, 5.74) is 0.974. The molecule has 7 heteroatoms. The van der Waals surface area contributed by atoms with Gasteiger partial charge in [-0.2, -0.15) is 0 Å². The predicted octanol–water partition coefficient (Wildman–Crippen LogP) is 4.30. The molecule has 0 aliphatic rings. The van der Waals surface area contributed by atoms with Crippen molar-refractivity contribution in [1.29, 1.82) is 0 Å². The fraction of sp³-hybridized carbons (Fsp3) is 0.227. The van der Waals surface area contributed by atoms with Gasteiger partial charge in [0, 0.05) is 27.2 Å². The summed E-state index contributed by atoms with van der Waals surface area (Å²) in [4.78, 5) is 4.56. The van der Waals surface area contributed by atoms with E-state index in [0.717, 1.165) is 5.39 Å². The second kappa shape index (κ2) is 6.77. The SMILES string of the molecule is COc1cc2c(O)c3nc(C)c4cc(OC)c(OC)cc4c3c(O)c2cc1OC. The number of ether oxygens (including phenoxy) is 4. The molecule has 0 atom stereocenters. The van der Waals surface area contributed by atoms with E-state index in [-0.39, 0.29) is 11.5 Å². The van der Waals surface area contributed by atoms with Crippen LogP contribution in [0.5, 0.6) is 34.5 Å². The molecule has 0 spiro atoms. The summed E-state index contributed by atoms with van der Waals surface area (Å²) < 4.78 is 21.5. The number of hydrogen-bond donors (Lipinski definition) is 2. The number of pyridine rings is 1. The number of rotatable bonds is 4. The Bertz CT molecular complexity index is 1280. The summed E-state index contributed by atoms with van der Waals surface area (Å²) in [6.07, 6.45) is 0. The molecule has 0 bridgehead atoms. The number of benzene rings is 3. The van der Waals surface area contributed by atoms with Crippen molar-refractivity contribution < 1.29 is 29.2 Å². The van der Waals surface area contributed by atoms with Crippen LogP contribution < -0.4 is 18.9 Å². The number of fused-ring (bicyclic) bond motifs is 4. The van der Waals surface area contributed by atoms with Gasteiger partial charge in [0.1, 0.15) is 17.0 Å². The molecule has 0 aliphatic heterocycles. The van der Waals surface area contributed by atoms with E-state index in [0.29, 0.717) is 55.8 Å². The van der Waals surface area contributed by atoms with Gasteiger partial charge in [-0.3, -0.25) is 0 Å². The molecule has 0 saturated heterocycles. The van der Waals surface area contributed by atoms with Crippen LogP contribution in [0.25, 0.3) is 32.4 Å². The first-order chi connectivity index (χ1) is 13.9. The molecule has 0 fully saturated rings. The number of phenolic OH excluding ortho intramolecular Hbond substituents is 2. The minimum atomic E-state index is -0.0477. The summed E-state index contributed by atoms with van der Waals surface area (Å²) in [5.74, 6) is 1.89. The smallest absolute Gasteiger partial charge is 0.161 e. The third kappa shape index (κ3) is 2.61. The highest BCUT2D eigenvalue weighted by molar-refractivity contribution is 6.19. The van der Waals surface area contributed by atoms with Crippen LogP contribution in [0.4, 0.5) is 0 Å². The standard InChI is InChI=1S/C22H21NO6/c1-10-11-6-15(26-2)16(27-3)7-12(11)19-20(23-10)22(25)14-9-18(29-5)17(28-4)8-13(14)21(19)24/h6-9,24-25H,1-5H3. The largest absolute Gasteiger partial charge is 0.507 e. The Kier molecular flexibility index (Phi) is 4.38. The Morgan fingerprint density at radius 1 is 0.621 bits per heavy atom. The van der Waals surface area contributed by atoms with E-state index < -0.39 is 0 Å². The van der Waals surface area contributed by atoms with Crippen molar-refractivity contribution in [3.05, 3.63) is 30.0 Å². The third-order valence-corrected chi connectivity index (χ3v) is 5.19. The molecule has 7 nitrogen and oxygen atoms in total. The molecule has 150 valence electrons. The molecule has 3 aromatic carbocycles. The first-order valence-corrected chi connectivity index (χ1v) is 8.90. The Morgan fingerprint density at radius 2 is 1.03 bits per heavy atom. The molecule has 1 heterocycles.